The molecule has 0 radical (unpaired) electrons. The summed E-state index contributed by atoms with van der Waals surface area (Å²) in [5.41, 5.74) is -0.659. The number of hydrogen-bond donors (Lipinski definition) is 2. The monoisotopic (exact) mass is 353 g/mol. The Balaban J connectivity index is 2.16. The summed E-state index contributed by atoms with van der Waals surface area (Å²) in [6.45, 7) is 2.12. The number of carbonyl (C=O) groups excluding carboxylic acids is 1. The summed E-state index contributed by atoms with van der Waals surface area (Å²) in [4.78, 5) is 24.1. The van der Waals surface area contributed by atoms with Crippen molar-refractivity contribution < 1.29 is 14.7 Å². The van der Waals surface area contributed by atoms with Crippen molar-refractivity contribution in [3.05, 3.63) is 34.3 Å². The third kappa shape index (κ3) is 3.46. The van der Waals surface area contributed by atoms with Gasteiger partial charge in [0.25, 0.3) is 5.91 Å². The number of rotatable bonds is 4. The zero-order chi connectivity index (χ0) is 15.5. The Morgan fingerprint density at radius 3 is 2.48 bits per heavy atom. The zero-order valence-corrected chi connectivity index (χ0v) is 13.6. The number of carboxylic acids is 1. The van der Waals surface area contributed by atoms with E-state index in [1.807, 2.05) is 6.07 Å². The smallest absolute Gasteiger partial charge is 0.329 e. The van der Waals surface area contributed by atoms with Gasteiger partial charge in [-0.1, -0.05) is 25.5 Å². The van der Waals surface area contributed by atoms with Gasteiger partial charge in [0.2, 0.25) is 0 Å². The van der Waals surface area contributed by atoms with Crippen LogP contribution in [0.25, 0.3) is 0 Å². The summed E-state index contributed by atoms with van der Waals surface area (Å²) in [5.74, 6) is -0.699. The molecule has 1 aliphatic carbocycles. The van der Waals surface area contributed by atoms with E-state index in [2.05, 4.69) is 28.2 Å². The van der Waals surface area contributed by atoms with Gasteiger partial charge in [-0.15, -0.1) is 0 Å². The van der Waals surface area contributed by atoms with Crippen LogP contribution in [-0.4, -0.2) is 22.5 Å². The van der Waals surface area contributed by atoms with E-state index in [9.17, 15) is 14.7 Å². The first-order chi connectivity index (χ1) is 9.98. The summed E-state index contributed by atoms with van der Waals surface area (Å²) in [6, 6.07) is 7.05. The summed E-state index contributed by atoms with van der Waals surface area (Å²) < 4.78 is 0.672. The second-order valence-electron chi connectivity index (χ2n) is 5.67. The van der Waals surface area contributed by atoms with E-state index in [0.717, 1.165) is 19.3 Å². The minimum absolute atomic E-state index is 0.333. The summed E-state index contributed by atoms with van der Waals surface area (Å²) in [7, 11) is 0. The summed E-state index contributed by atoms with van der Waals surface area (Å²) in [5, 5.41) is 12.4. The minimum atomic E-state index is -1.13. The van der Waals surface area contributed by atoms with Crippen LogP contribution in [0.1, 0.15) is 49.4 Å². The van der Waals surface area contributed by atoms with Crippen molar-refractivity contribution in [3.63, 3.8) is 0 Å². The lowest BCUT2D eigenvalue weighted by Crippen LogP contribution is -2.56. The highest BCUT2D eigenvalue weighted by molar-refractivity contribution is 9.10. The largest absolute Gasteiger partial charge is 0.480 e. The van der Waals surface area contributed by atoms with Crippen LogP contribution in [0.5, 0.6) is 0 Å². The normalized spacial score (nSPS) is 25.3. The van der Waals surface area contributed by atoms with Gasteiger partial charge in [-0.25, -0.2) is 4.79 Å². The van der Waals surface area contributed by atoms with Crippen molar-refractivity contribution in [2.45, 2.75) is 44.6 Å². The molecule has 0 spiro atoms. The van der Waals surface area contributed by atoms with Gasteiger partial charge in [0, 0.05) is 4.47 Å². The Morgan fingerprint density at radius 1 is 1.33 bits per heavy atom. The van der Waals surface area contributed by atoms with Crippen molar-refractivity contribution in [1.82, 2.24) is 5.32 Å². The van der Waals surface area contributed by atoms with Crippen LogP contribution in [0.3, 0.4) is 0 Å². The molecule has 0 aromatic heterocycles. The lowest BCUT2D eigenvalue weighted by molar-refractivity contribution is -0.146. The van der Waals surface area contributed by atoms with Gasteiger partial charge in [-0.05, 0) is 59.7 Å². The number of carboxylic acid groups (broad SMARTS) is 1. The zero-order valence-electron chi connectivity index (χ0n) is 12.1. The molecule has 1 aromatic carbocycles. The second-order valence-corrected chi connectivity index (χ2v) is 6.53. The molecule has 1 saturated carbocycles. The number of hydrogen-bond acceptors (Lipinski definition) is 2. The van der Waals surface area contributed by atoms with Crippen LogP contribution in [0, 0.1) is 5.92 Å². The molecule has 2 N–H and O–H groups in total. The molecule has 0 aliphatic heterocycles. The van der Waals surface area contributed by atoms with Crippen molar-refractivity contribution in [3.8, 4) is 0 Å². The predicted molar refractivity (Wildman–Crippen MR) is 84.2 cm³/mol. The quantitative estimate of drug-likeness (QED) is 0.868. The lowest BCUT2D eigenvalue weighted by atomic mass is 9.75. The second kappa shape index (κ2) is 6.60. The van der Waals surface area contributed by atoms with Crippen LogP contribution in [0.2, 0.25) is 0 Å². The Morgan fingerprint density at radius 2 is 1.95 bits per heavy atom. The van der Waals surface area contributed by atoms with Crippen molar-refractivity contribution >= 4 is 27.8 Å². The summed E-state index contributed by atoms with van der Waals surface area (Å²) >= 11 is 3.33. The topological polar surface area (TPSA) is 66.4 Å². The average Bonchev–Trinajstić information content (AvgIpc) is 2.48. The molecule has 1 fully saturated rings. The maximum Gasteiger partial charge on any atom is 0.329 e. The van der Waals surface area contributed by atoms with Crippen molar-refractivity contribution in [2.24, 2.45) is 5.92 Å². The molecule has 21 heavy (non-hydrogen) atoms. The fraction of sp³-hybridized carbons (Fsp3) is 0.500. The van der Waals surface area contributed by atoms with Gasteiger partial charge >= 0.3 is 5.97 Å². The first-order valence-electron chi connectivity index (χ1n) is 7.29. The van der Waals surface area contributed by atoms with Crippen LogP contribution in [0.4, 0.5) is 0 Å². The lowest BCUT2D eigenvalue weighted by Gasteiger charge is -2.37. The highest BCUT2D eigenvalue weighted by Crippen LogP contribution is 2.34. The fourth-order valence-corrected chi connectivity index (χ4v) is 3.37. The number of amides is 1. The van der Waals surface area contributed by atoms with Crippen molar-refractivity contribution in [1.29, 1.82) is 0 Å². The fourth-order valence-electron chi connectivity index (χ4n) is 2.90. The van der Waals surface area contributed by atoms with Crippen LogP contribution in [-0.2, 0) is 4.79 Å². The number of nitrogens with one attached hydrogen (secondary N) is 1. The molecule has 0 heterocycles. The van der Waals surface area contributed by atoms with E-state index in [1.54, 1.807) is 18.2 Å². The Kier molecular flexibility index (Phi) is 5.04. The molecule has 0 saturated heterocycles. The van der Waals surface area contributed by atoms with E-state index < -0.39 is 11.5 Å². The molecule has 1 aromatic rings. The number of halogens is 1. The number of aliphatic carboxylic acids is 1. The van der Waals surface area contributed by atoms with E-state index in [4.69, 9.17) is 0 Å². The number of benzene rings is 1. The van der Waals surface area contributed by atoms with E-state index in [-0.39, 0.29) is 5.91 Å². The van der Waals surface area contributed by atoms with Gasteiger partial charge < -0.3 is 10.4 Å². The van der Waals surface area contributed by atoms with E-state index in [1.165, 1.54) is 0 Å². The van der Waals surface area contributed by atoms with Gasteiger partial charge in [-0.2, -0.15) is 0 Å². The van der Waals surface area contributed by atoms with E-state index >= 15 is 0 Å². The van der Waals surface area contributed by atoms with Crippen LogP contribution in [0.15, 0.2) is 28.7 Å². The first kappa shape index (κ1) is 16.0. The molecule has 114 valence electrons. The van der Waals surface area contributed by atoms with E-state index in [0.29, 0.717) is 28.8 Å². The SMILES string of the molecule is CCC1CCC(NC(=O)c2ccccc2Br)(C(=O)O)CC1. The molecule has 0 bridgehead atoms. The third-order valence-corrected chi connectivity index (χ3v) is 5.11. The highest BCUT2D eigenvalue weighted by Gasteiger charge is 2.43. The standard InChI is InChI=1S/C16H20BrNO3/c1-2-11-7-9-16(10-8-11,15(20)21)18-14(19)12-5-3-4-6-13(12)17/h3-6,11H,2,7-10H2,1H3,(H,18,19)(H,20,21). The summed E-state index contributed by atoms with van der Waals surface area (Å²) in [6.07, 6.45) is 3.75. The van der Waals surface area contributed by atoms with Gasteiger partial charge in [0.1, 0.15) is 5.54 Å². The molecular weight excluding hydrogens is 334 g/mol. The average molecular weight is 354 g/mol. The molecule has 0 unspecified atom stereocenters. The van der Waals surface area contributed by atoms with Gasteiger partial charge in [0.15, 0.2) is 0 Å². The molecule has 5 heteroatoms. The maximum atomic E-state index is 12.4. The minimum Gasteiger partial charge on any atom is -0.480 e. The van der Waals surface area contributed by atoms with Crippen LogP contribution >= 0.6 is 15.9 Å². The molecule has 1 aliphatic rings. The maximum absolute atomic E-state index is 12.4. The Hall–Kier alpha value is -1.36. The van der Waals surface area contributed by atoms with Crippen molar-refractivity contribution in [2.75, 3.05) is 0 Å². The predicted octanol–water partition coefficient (Wildman–Crippen LogP) is 3.60. The first-order valence-corrected chi connectivity index (χ1v) is 8.08. The molecule has 2 rings (SSSR count). The Bertz CT molecular complexity index is 536. The Labute approximate surface area is 133 Å². The molecule has 4 nitrogen and oxygen atoms in total. The van der Waals surface area contributed by atoms with Gasteiger partial charge in [-0.3, -0.25) is 4.79 Å². The molecule has 0 atom stereocenters. The van der Waals surface area contributed by atoms with Gasteiger partial charge in [0.05, 0.1) is 5.56 Å². The highest BCUT2D eigenvalue weighted by atomic mass is 79.9. The molecule has 1 amide bonds. The molecular formula is C16H20BrNO3. The third-order valence-electron chi connectivity index (χ3n) is 4.42. The van der Waals surface area contributed by atoms with Crippen LogP contribution < -0.4 is 5.32 Å². The number of carbonyl (C=O) groups is 2.